The molecule has 8 heteroatoms. The molecule has 2 aromatic carbocycles. The molecule has 1 saturated heterocycles. The minimum absolute atomic E-state index is 0.197. The zero-order valence-electron chi connectivity index (χ0n) is 16.6. The van der Waals surface area contributed by atoms with Crippen LogP contribution in [0.2, 0.25) is 0 Å². The molecule has 0 radical (unpaired) electrons. The Balaban J connectivity index is 1.87. The van der Waals surface area contributed by atoms with Crippen molar-refractivity contribution in [3.8, 4) is 17.6 Å². The molecule has 1 aliphatic rings. The van der Waals surface area contributed by atoms with Crippen LogP contribution in [0, 0.1) is 11.3 Å². The molecule has 0 saturated carbocycles. The second-order valence-corrected chi connectivity index (χ2v) is 8.58. The number of halogens is 1. The Kier molecular flexibility index (Phi) is 6.85. The van der Waals surface area contributed by atoms with E-state index in [-0.39, 0.29) is 23.8 Å². The molecule has 1 aliphatic heterocycles. The third-order valence-electron chi connectivity index (χ3n) is 4.40. The number of methoxy groups -OCH3 is 1. The van der Waals surface area contributed by atoms with E-state index in [0.29, 0.717) is 32.0 Å². The van der Waals surface area contributed by atoms with Crippen LogP contribution in [0.1, 0.15) is 30.5 Å². The summed E-state index contributed by atoms with van der Waals surface area (Å²) in [5.41, 5.74) is 2.00. The van der Waals surface area contributed by atoms with E-state index in [4.69, 9.17) is 9.47 Å². The van der Waals surface area contributed by atoms with Crippen molar-refractivity contribution in [1.29, 1.82) is 5.26 Å². The fraction of sp³-hybridized carbons (Fsp3) is 0.227. The molecule has 0 bridgehead atoms. The minimum Gasteiger partial charge on any atom is -0.493 e. The molecular weight excluding hydrogens is 468 g/mol. The average molecular weight is 487 g/mol. The molecule has 2 amide bonds. The fourth-order valence-electron chi connectivity index (χ4n) is 2.94. The van der Waals surface area contributed by atoms with Crippen molar-refractivity contribution in [3.63, 3.8) is 0 Å². The first-order valence-corrected chi connectivity index (χ1v) is 10.7. The van der Waals surface area contributed by atoms with Crippen molar-refractivity contribution in [2.45, 2.75) is 26.5 Å². The number of rotatable bonds is 6. The van der Waals surface area contributed by atoms with Crippen LogP contribution in [-0.2, 0) is 11.4 Å². The van der Waals surface area contributed by atoms with E-state index in [9.17, 15) is 14.9 Å². The molecule has 0 spiro atoms. The number of carbonyl (C=O) groups excluding carboxylic acids is 2. The Hall–Kier alpha value is -2.76. The summed E-state index contributed by atoms with van der Waals surface area (Å²) in [4.78, 5) is 26.2. The van der Waals surface area contributed by atoms with Crippen LogP contribution in [0.15, 0.2) is 45.8 Å². The highest BCUT2D eigenvalue weighted by Gasteiger charge is 2.36. The quantitative estimate of drug-likeness (QED) is 0.511. The number of nitriles is 1. The smallest absolute Gasteiger partial charge is 0.293 e. The van der Waals surface area contributed by atoms with E-state index in [1.807, 2.05) is 12.1 Å². The van der Waals surface area contributed by atoms with Crippen LogP contribution in [0.5, 0.6) is 11.5 Å². The largest absolute Gasteiger partial charge is 0.493 e. The summed E-state index contributed by atoms with van der Waals surface area (Å²) < 4.78 is 12.0. The summed E-state index contributed by atoms with van der Waals surface area (Å²) in [5, 5.41) is 8.96. The van der Waals surface area contributed by atoms with Gasteiger partial charge in [-0.05, 0) is 71.4 Å². The van der Waals surface area contributed by atoms with Crippen LogP contribution in [0.3, 0.4) is 0 Å². The van der Waals surface area contributed by atoms with Gasteiger partial charge < -0.3 is 9.47 Å². The van der Waals surface area contributed by atoms with Crippen LogP contribution < -0.4 is 9.47 Å². The summed E-state index contributed by atoms with van der Waals surface area (Å²) in [5.74, 6) is 0.648. The van der Waals surface area contributed by atoms with Gasteiger partial charge in [-0.1, -0.05) is 18.2 Å². The maximum atomic E-state index is 12.5. The summed E-state index contributed by atoms with van der Waals surface area (Å²) in [7, 11) is 1.52. The predicted molar refractivity (Wildman–Crippen MR) is 119 cm³/mol. The minimum atomic E-state index is -0.302. The summed E-state index contributed by atoms with van der Waals surface area (Å²) >= 11 is 4.41. The van der Waals surface area contributed by atoms with Gasteiger partial charge in [0.2, 0.25) is 0 Å². The van der Waals surface area contributed by atoms with Gasteiger partial charge in [0.15, 0.2) is 11.5 Å². The summed E-state index contributed by atoms with van der Waals surface area (Å²) in [6, 6.07) is 12.7. The second kappa shape index (κ2) is 9.37. The number of nitrogens with zero attached hydrogens (tertiary/aromatic N) is 2. The van der Waals surface area contributed by atoms with Crippen molar-refractivity contribution >= 4 is 44.9 Å². The molecule has 154 valence electrons. The molecule has 0 aromatic heterocycles. The van der Waals surface area contributed by atoms with Gasteiger partial charge in [0.25, 0.3) is 11.1 Å². The van der Waals surface area contributed by atoms with Crippen molar-refractivity contribution in [2.75, 3.05) is 7.11 Å². The third-order valence-corrected chi connectivity index (χ3v) is 5.87. The van der Waals surface area contributed by atoms with E-state index in [0.717, 1.165) is 17.3 Å². The molecular formula is C22H19BrN2O4S. The number of benzene rings is 2. The van der Waals surface area contributed by atoms with Crippen LogP contribution >= 0.6 is 27.7 Å². The van der Waals surface area contributed by atoms with Gasteiger partial charge in [-0.2, -0.15) is 5.26 Å². The van der Waals surface area contributed by atoms with E-state index in [1.165, 1.54) is 12.0 Å². The summed E-state index contributed by atoms with van der Waals surface area (Å²) in [6.45, 7) is 3.80. The highest BCUT2D eigenvalue weighted by molar-refractivity contribution is 9.10. The number of amides is 2. The lowest BCUT2D eigenvalue weighted by Gasteiger charge is -2.16. The van der Waals surface area contributed by atoms with E-state index in [2.05, 4.69) is 22.0 Å². The lowest BCUT2D eigenvalue weighted by molar-refractivity contribution is -0.123. The Morgan fingerprint density at radius 2 is 2.00 bits per heavy atom. The standard InChI is InChI=1S/C22H19BrN2O4S/c1-13(2)25-21(26)19(30-22(25)27)10-14-8-17(23)20(18(9-14)28-3)29-12-16-7-5-4-6-15(16)11-24/h4-10,13H,12H2,1-3H3. The van der Waals surface area contributed by atoms with Gasteiger partial charge in [-0.25, -0.2) is 0 Å². The molecule has 1 fully saturated rings. The Morgan fingerprint density at radius 3 is 2.63 bits per heavy atom. The molecule has 0 N–H and O–H groups in total. The molecule has 6 nitrogen and oxygen atoms in total. The number of ether oxygens (including phenoxy) is 2. The lowest BCUT2D eigenvalue weighted by Crippen LogP contribution is -2.34. The number of thioether (sulfide) groups is 1. The van der Waals surface area contributed by atoms with Crippen LogP contribution in [0.4, 0.5) is 4.79 Å². The van der Waals surface area contributed by atoms with Gasteiger partial charge in [-0.3, -0.25) is 14.5 Å². The Labute approximate surface area is 187 Å². The monoisotopic (exact) mass is 486 g/mol. The van der Waals surface area contributed by atoms with Gasteiger partial charge in [0.1, 0.15) is 6.61 Å². The molecule has 3 rings (SSSR count). The van der Waals surface area contributed by atoms with Crippen molar-refractivity contribution in [1.82, 2.24) is 4.90 Å². The Morgan fingerprint density at radius 1 is 1.27 bits per heavy atom. The zero-order chi connectivity index (χ0) is 21.8. The SMILES string of the molecule is COc1cc(C=C2SC(=O)N(C(C)C)C2=O)cc(Br)c1OCc1ccccc1C#N. The third kappa shape index (κ3) is 4.53. The van der Waals surface area contributed by atoms with Crippen LogP contribution in [0.25, 0.3) is 6.08 Å². The zero-order valence-corrected chi connectivity index (χ0v) is 19.0. The van der Waals surface area contributed by atoms with Gasteiger partial charge in [0.05, 0.1) is 28.1 Å². The number of carbonyl (C=O) groups is 2. The number of hydrogen-bond acceptors (Lipinski definition) is 6. The molecule has 0 atom stereocenters. The number of imide groups is 1. The molecule has 2 aromatic rings. The second-order valence-electron chi connectivity index (χ2n) is 6.74. The lowest BCUT2D eigenvalue weighted by atomic mass is 10.1. The van der Waals surface area contributed by atoms with E-state index >= 15 is 0 Å². The van der Waals surface area contributed by atoms with E-state index < -0.39 is 0 Å². The first kappa shape index (κ1) is 21.9. The van der Waals surface area contributed by atoms with Gasteiger partial charge >= 0.3 is 0 Å². The highest BCUT2D eigenvalue weighted by Crippen LogP contribution is 2.39. The molecule has 1 heterocycles. The van der Waals surface area contributed by atoms with Crippen molar-refractivity contribution in [3.05, 3.63) is 62.5 Å². The maximum absolute atomic E-state index is 12.5. The highest BCUT2D eigenvalue weighted by atomic mass is 79.9. The van der Waals surface area contributed by atoms with Gasteiger partial charge in [-0.15, -0.1) is 0 Å². The van der Waals surface area contributed by atoms with Crippen LogP contribution in [-0.4, -0.2) is 29.2 Å². The van der Waals surface area contributed by atoms with Gasteiger partial charge in [0, 0.05) is 11.6 Å². The predicted octanol–water partition coefficient (Wildman–Crippen LogP) is 5.35. The fourth-order valence-corrected chi connectivity index (χ4v) is 4.48. The first-order chi connectivity index (χ1) is 14.3. The first-order valence-electron chi connectivity index (χ1n) is 9.11. The molecule has 0 aliphatic carbocycles. The van der Waals surface area contributed by atoms with Crippen molar-refractivity contribution < 1.29 is 19.1 Å². The molecule has 30 heavy (non-hydrogen) atoms. The molecule has 0 unspecified atom stereocenters. The van der Waals surface area contributed by atoms with E-state index in [1.54, 1.807) is 44.2 Å². The summed E-state index contributed by atoms with van der Waals surface area (Å²) in [6.07, 6.45) is 1.66. The average Bonchev–Trinajstić information content (AvgIpc) is 3.00. The topological polar surface area (TPSA) is 79.6 Å². The Bertz CT molecular complexity index is 1080. The number of hydrogen-bond donors (Lipinski definition) is 0. The van der Waals surface area contributed by atoms with Crippen molar-refractivity contribution in [2.24, 2.45) is 0 Å². The normalized spacial score (nSPS) is 15.1. The maximum Gasteiger partial charge on any atom is 0.293 e.